The number of imide groups is 1. The van der Waals surface area contributed by atoms with Crippen molar-refractivity contribution in [2.45, 2.75) is 69.7 Å². The van der Waals surface area contributed by atoms with Gasteiger partial charge in [-0.3, -0.25) is 14.5 Å². The van der Waals surface area contributed by atoms with Gasteiger partial charge in [-0.25, -0.2) is 13.2 Å². The van der Waals surface area contributed by atoms with Crippen molar-refractivity contribution in [3.05, 3.63) is 24.3 Å². The molecule has 1 spiro atoms. The normalized spacial score (nSPS) is 27.6. The van der Waals surface area contributed by atoms with Crippen LogP contribution in [0.2, 0.25) is 0 Å². The number of sulfonamides is 1. The molecule has 4 amide bonds. The molecule has 2 aliphatic heterocycles. The smallest absolute Gasteiger partial charge is 0.324 e. The predicted octanol–water partition coefficient (Wildman–Crippen LogP) is 2.94. The van der Waals surface area contributed by atoms with Crippen LogP contribution in [-0.2, 0) is 19.6 Å². The van der Waals surface area contributed by atoms with Crippen molar-refractivity contribution in [1.29, 1.82) is 0 Å². The van der Waals surface area contributed by atoms with Crippen LogP contribution >= 0.6 is 0 Å². The Bertz CT molecular complexity index is 1100. The largest absolute Gasteiger partial charge is 0.325 e. The Balaban J connectivity index is 1.45. The second-order valence-electron chi connectivity index (χ2n) is 10.8. The van der Waals surface area contributed by atoms with Crippen molar-refractivity contribution in [1.82, 2.24) is 14.5 Å². The highest BCUT2D eigenvalue weighted by atomic mass is 32.2. The highest BCUT2D eigenvalue weighted by molar-refractivity contribution is 7.89. The molecule has 1 aromatic carbocycles. The third kappa shape index (κ3) is 4.84. The number of hydrogen-bond donors (Lipinski definition) is 2. The number of rotatable bonds is 5. The summed E-state index contributed by atoms with van der Waals surface area (Å²) in [5.74, 6) is -0.656. The van der Waals surface area contributed by atoms with Crippen LogP contribution in [0.4, 0.5) is 10.5 Å². The lowest BCUT2D eigenvalue weighted by atomic mass is 9.64. The average Bonchev–Trinajstić information content (AvgIpc) is 2.96. The van der Waals surface area contributed by atoms with Crippen LogP contribution in [0.25, 0.3) is 0 Å². The fourth-order valence-corrected chi connectivity index (χ4v) is 7.55. The number of hydrogen-bond acceptors (Lipinski definition) is 5. The molecule has 0 aromatic heterocycles. The second kappa shape index (κ2) is 8.96. The van der Waals surface area contributed by atoms with E-state index in [0.29, 0.717) is 31.6 Å². The second-order valence-corrected chi connectivity index (χ2v) is 12.7. The summed E-state index contributed by atoms with van der Waals surface area (Å²) in [7, 11) is -3.64. The molecule has 2 atom stereocenters. The van der Waals surface area contributed by atoms with E-state index in [0.717, 1.165) is 30.6 Å². The van der Waals surface area contributed by atoms with Gasteiger partial charge in [-0.05, 0) is 61.6 Å². The van der Waals surface area contributed by atoms with Crippen molar-refractivity contribution < 1.29 is 22.8 Å². The Hall–Kier alpha value is -2.46. The lowest BCUT2D eigenvalue weighted by molar-refractivity contribution is -0.136. The number of carbonyl (C=O) groups is 3. The Morgan fingerprint density at radius 3 is 2.53 bits per heavy atom. The average molecular weight is 491 g/mol. The first kappa shape index (κ1) is 24.7. The van der Waals surface area contributed by atoms with E-state index in [1.54, 1.807) is 12.1 Å². The maximum absolute atomic E-state index is 13.3. The van der Waals surface area contributed by atoms with E-state index in [4.69, 9.17) is 0 Å². The Morgan fingerprint density at radius 2 is 1.85 bits per heavy atom. The van der Waals surface area contributed by atoms with Gasteiger partial charge in [0.1, 0.15) is 12.1 Å². The van der Waals surface area contributed by atoms with E-state index in [1.165, 1.54) is 16.4 Å². The number of nitrogens with one attached hydrogen (secondary N) is 2. The van der Waals surface area contributed by atoms with E-state index in [9.17, 15) is 22.8 Å². The Morgan fingerprint density at radius 1 is 1.15 bits per heavy atom. The van der Waals surface area contributed by atoms with Crippen LogP contribution in [0.1, 0.15) is 59.3 Å². The third-order valence-corrected chi connectivity index (χ3v) is 8.89. The number of amides is 4. The molecule has 0 unspecified atom stereocenters. The summed E-state index contributed by atoms with van der Waals surface area (Å²) >= 11 is 0. The molecule has 186 valence electrons. The summed E-state index contributed by atoms with van der Waals surface area (Å²) in [6, 6.07) is 5.52. The van der Waals surface area contributed by atoms with Crippen LogP contribution in [-0.4, -0.2) is 60.6 Å². The van der Waals surface area contributed by atoms with E-state index >= 15 is 0 Å². The minimum Gasteiger partial charge on any atom is -0.324 e. The van der Waals surface area contributed by atoms with Gasteiger partial charge in [-0.1, -0.05) is 33.3 Å². The lowest BCUT2D eigenvalue weighted by Crippen LogP contribution is -2.54. The predicted molar refractivity (Wildman–Crippen MR) is 127 cm³/mol. The van der Waals surface area contributed by atoms with Crippen LogP contribution in [0, 0.1) is 11.3 Å². The van der Waals surface area contributed by atoms with Crippen LogP contribution in [0.15, 0.2) is 29.2 Å². The maximum atomic E-state index is 13.3. The fraction of sp³-hybridized carbons (Fsp3) is 0.625. The summed E-state index contributed by atoms with van der Waals surface area (Å²) in [4.78, 5) is 39.7. The Kier molecular flexibility index (Phi) is 6.50. The monoisotopic (exact) mass is 490 g/mol. The number of benzene rings is 1. The molecule has 1 aromatic rings. The summed E-state index contributed by atoms with van der Waals surface area (Å²) in [6.07, 6.45) is 4.73. The van der Waals surface area contributed by atoms with E-state index in [-0.39, 0.29) is 22.1 Å². The molecule has 0 bridgehead atoms. The molecule has 3 aliphatic rings. The molecule has 1 saturated carbocycles. The molecule has 9 nitrogen and oxygen atoms in total. The van der Waals surface area contributed by atoms with Gasteiger partial charge in [-0.15, -0.1) is 0 Å². The fourth-order valence-electron chi connectivity index (χ4n) is 5.98. The van der Waals surface area contributed by atoms with E-state index < -0.39 is 34.0 Å². The maximum Gasteiger partial charge on any atom is 0.325 e. The number of nitrogens with zero attached hydrogens (tertiary/aromatic N) is 2. The lowest BCUT2D eigenvalue weighted by Gasteiger charge is -2.43. The van der Waals surface area contributed by atoms with Gasteiger partial charge in [0.2, 0.25) is 15.9 Å². The quantitative estimate of drug-likeness (QED) is 0.616. The summed E-state index contributed by atoms with van der Waals surface area (Å²) in [5.41, 5.74) is -0.766. The van der Waals surface area contributed by atoms with Crippen molar-refractivity contribution in [3.8, 4) is 0 Å². The number of anilines is 1. The SMILES string of the molecule is C[C@H]1CC(C)(C)C[C@]2(C1)NC(=O)N(CC(=O)Nc1cccc(S(=O)(=O)N3CCCCC3)c1)C2=O. The van der Waals surface area contributed by atoms with Crippen molar-refractivity contribution in [2.75, 3.05) is 25.0 Å². The molecule has 1 aliphatic carbocycles. The third-order valence-electron chi connectivity index (χ3n) is 7.00. The standard InChI is InChI=1S/C24H34N4O5S/c1-17-13-23(2,3)16-24(14-17)21(30)28(22(31)26-24)15-20(29)25-18-8-7-9-19(12-18)34(32,33)27-10-5-4-6-11-27/h7-9,12,17H,4-6,10-11,13-16H2,1-3H3,(H,25,29)(H,26,31)/t17-,24-/m0/s1. The summed E-state index contributed by atoms with van der Waals surface area (Å²) < 4.78 is 27.4. The van der Waals surface area contributed by atoms with Crippen molar-refractivity contribution in [2.24, 2.45) is 11.3 Å². The van der Waals surface area contributed by atoms with Gasteiger partial charge >= 0.3 is 6.03 Å². The molecule has 2 heterocycles. The molecule has 10 heteroatoms. The van der Waals surface area contributed by atoms with Gasteiger partial charge in [0.15, 0.2) is 0 Å². The zero-order valence-electron chi connectivity index (χ0n) is 20.1. The zero-order valence-corrected chi connectivity index (χ0v) is 20.9. The van der Waals surface area contributed by atoms with Crippen molar-refractivity contribution >= 4 is 33.6 Å². The topological polar surface area (TPSA) is 116 Å². The molecule has 0 radical (unpaired) electrons. The van der Waals surface area contributed by atoms with E-state index in [1.807, 2.05) is 0 Å². The van der Waals surface area contributed by atoms with Gasteiger partial charge in [-0.2, -0.15) is 4.31 Å². The Labute approximate surface area is 201 Å². The van der Waals surface area contributed by atoms with Gasteiger partial charge in [0.05, 0.1) is 4.90 Å². The van der Waals surface area contributed by atoms with Crippen LogP contribution < -0.4 is 10.6 Å². The molecule has 2 saturated heterocycles. The summed E-state index contributed by atoms with van der Waals surface area (Å²) in [5, 5.41) is 5.51. The number of urea groups is 1. The number of piperidine rings is 1. The molecule has 2 N–H and O–H groups in total. The first-order valence-corrected chi connectivity index (χ1v) is 13.4. The number of carbonyl (C=O) groups excluding carboxylic acids is 3. The van der Waals surface area contributed by atoms with Crippen molar-refractivity contribution in [3.63, 3.8) is 0 Å². The van der Waals surface area contributed by atoms with Gasteiger partial charge in [0, 0.05) is 18.8 Å². The molecular formula is C24H34N4O5S. The van der Waals surface area contributed by atoms with Gasteiger partial charge in [0.25, 0.3) is 5.91 Å². The van der Waals surface area contributed by atoms with Crippen LogP contribution in [0.3, 0.4) is 0 Å². The molecular weight excluding hydrogens is 456 g/mol. The van der Waals surface area contributed by atoms with E-state index in [2.05, 4.69) is 31.4 Å². The first-order valence-electron chi connectivity index (χ1n) is 12.0. The minimum absolute atomic E-state index is 0.0981. The zero-order chi connectivity index (χ0) is 24.7. The highest BCUT2D eigenvalue weighted by Crippen LogP contribution is 2.46. The molecule has 34 heavy (non-hydrogen) atoms. The molecule has 4 rings (SSSR count). The molecule has 3 fully saturated rings. The summed E-state index contributed by atoms with van der Waals surface area (Å²) in [6.45, 7) is 6.80. The van der Waals surface area contributed by atoms with Crippen LogP contribution in [0.5, 0.6) is 0 Å². The first-order chi connectivity index (χ1) is 15.9. The highest BCUT2D eigenvalue weighted by Gasteiger charge is 2.56. The minimum atomic E-state index is -3.64. The van der Waals surface area contributed by atoms with Gasteiger partial charge < -0.3 is 10.6 Å².